The minimum Gasteiger partial charge on any atom is -0.394 e. The summed E-state index contributed by atoms with van der Waals surface area (Å²) in [5.41, 5.74) is 2.11. The van der Waals surface area contributed by atoms with E-state index < -0.39 is 30.5 Å². The van der Waals surface area contributed by atoms with Crippen LogP contribution in [0.2, 0.25) is 0 Å². The van der Waals surface area contributed by atoms with Crippen LogP contribution in [0.4, 0.5) is 5.82 Å². The fraction of sp³-hybridized carbons (Fsp3) is 0.615. The molecule has 0 bridgehead atoms. The number of hydrogen-bond donors (Lipinski definition) is 5. The van der Waals surface area contributed by atoms with E-state index >= 15 is 0 Å². The number of aromatic amines is 1. The molecule has 0 aliphatic carbocycles. The first kappa shape index (κ1) is 16.0. The van der Waals surface area contributed by atoms with Crippen LogP contribution >= 0.6 is 0 Å². The molecule has 5 N–H and O–H groups in total. The molecule has 10 nitrogen and oxygen atoms in total. The summed E-state index contributed by atoms with van der Waals surface area (Å²) in [6.07, 6.45) is -3.20. The van der Waals surface area contributed by atoms with Gasteiger partial charge in [0.25, 0.3) is 0 Å². The molecule has 2 aromatic rings. The van der Waals surface area contributed by atoms with Gasteiger partial charge in [0.1, 0.15) is 23.9 Å². The van der Waals surface area contributed by atoms with Gasteiger partial charge < -0.3 is 20.1 Å². The van der Waals surface area contributed by atoms with E-state index in [1.165, 1.54) is 14.0 Å². The molecule has 0 aromatic carbocycles. The molecule has 1 saturated heterocycles. The molecule has 3 rings (SSSR count). The lowest BCUT2D eigenvalue weighted by atomic mass is 9.92. The molecule has 0 amide bonds. The first-order valence-corrected chi connectivity index (χ1v) is 7.08. The average Bonchev–Trinajstić information content (AvgIpc) is 2.99. The van der Waals surface area contributed by atoms with Crippen molar-refractivity contribution in [2.24, 2.45) is 0 Å². The molecule has 1 aliphatic rings. The predicted molar refractivity (Wildman–Crippen MR) is 78.4 cm³/mol. The number of fused-ring (bicyclic) bond motifs is 1. The smallest absolute Gasteiger partial charge is 0.165 e. The first-order valence-electron chi connectivity index (χ1n) is 7.08. The summed E-state index contributed by atoms with van der Waals surface area (Å²) < 4.78 is 5.54. The van der Waals surface area contributed by atoms with Gasteiger partial charge in [0.15, 0.2) is 17.3 Å². The molecule has 126 valence electrons. The molecule has 1 aliphatic heterocycles. The summed E-state index contributed by atoms with van der Waals surface area (Å²) in [5.74, 6) is 0.501. The fourth-order valence-corrected chi connectivity index (χ4v) is 2.77. The van der Waals surface area contributed by atoms with Crippen molar-refractivity contribution in [2.75, 3.05) is 19.2 Å². The van der Waals surface area contributed by atoms with E-state index in [4.69, 9.17) is 9.57 Å². The average molecular weight is 325 g/mol. The van der Waals surface area contributed by atoms with E-state index in [1.54, 1.807) is 6.92 Å². The summed E-state index contributed by atoms with van der Waals surface area (Å²) in [6, 6.07) is 0. The van der Waals surface area contributed by atoms with Crippen molar-refractivity contribution in [1.29, 1.82) is 0 Å². The molecule has 3 heterocycles. The molecule has 4 atom stereocenters. The van der Waals surface area contributed by atoms with E-state index in [0.717, 1.165) is 0 Å². The molecule has 0 radical (unpaired) electrons. The van der Waals surface area contributed by atoms with Gasteiger partial charge in [-0.1, -0.05) is 0 Å². The highest BCUT2D eigenvalue weighted by Crippen LogP contribution is 2.41. The Morgan fingerprint density at radius 2 is 2.17 bits per heavy atom. The van der Waals surface area contributed by atoms with Crippen LogP contribution in [0.5, 0.6) is 0 Å². The molecular weight excluding hydrogens is 306 g/mol. The van der Waals surface area contributed by atoms with Gasteiger partial charge in [0.2, 0.25) is 0 Å². The Morgan fingerprint density at radius 1 is 1.43 bits per heavy atom. The molecule has 2 aromatic heterocycles. The second-order valence-corrected chi connectivity index (χ2v) is 5.68. The van der Waals surface area contributed by atoms with Crippen LogP contribution in [0, 0.1) is 6.92 Å². The maximum absolute atomic E-state index is 10.5. The molecular formula is C13H19N5O5. The van der Waals surface area contributed by atoms with Gasteiger partial charge in [-0.05, 0) is 13.8 Å². The van der Waals surface area contributed by atoms with Gasteiger partial charge in [-0.2, -0.15) is 5.10 Å². The van der Waals surface area contributed by atoms with Crippen LogP contribution in [0.3, 0.4) is 0 Å². The zero-order valence-corrected chi connectivity index (χ0v) is 12.9. The van der Waals surface area contributed by atoms with E-state index in [2.05, 4.69) is 25.6 Å². The Hall–Kier alpha value is -1.85. The standard InChI is InChI=1S/C13H19N5O5/c1-5-7-10(17-16-5)14-12(15-11(7)18-22-3)9-13(2,21)8(20)6(4-19)23-9/h6,8-9,19-21H,4H2,1-3H3,(H2,14,15,16,17,18)/t6-,8-,9+,13-/m1/s1. The van der Waals surface area contributed by atoms with Gasteiger partial charge >= 0.3 is 0 Å². The van der Waals surface area contributed by atoms with Gasteiger partial charge in [0.05, 0.1) is 24.8 Å². The lowest BCUT2D eigenvalue weighted by Crippen LogP contribution is -2.43. The van der Waals surface area contributed by atoms with Crippen molar-refractivity contribution in [3.8, 4) is 0 Å². The van der Waals surface area contributed by atoms with Crippen LogP contribution < -0.4 is 5.48 Å². The van der Waals surface area contributed by atoms with Crippen LogP contribution in [0.15, 0.2) is 0 Å². The number of aliphatic hydroxyl groups excluding tert-OH is 2. The number of aromatic nitrogens is 4. The Bertz CT molecular complexity index is 718. The first-order chi connectivity index (χ1) is 10.9. The van der Waals surface area contributed by atoms with Crippen molar-refractivity contribution >= 4 is 16.9 Å². The van der Waals surface area contributed by atoms with Crippen molar-refractivity contribution in [1.82, 2.24) is 20.2 Å². The SMILES string of the molecule is CONc1nc([C@@H]2O[C@H](CO)[C@@H](O)[C@@]2(C)O)nc2[nH]nc(C)c12. The topological polar surface area (TPSA) is 146 Å². The Kier molecular flexibility index (Phi) is 3.94. The van der Waals surface area contributed by atoms with Crippen molar-refractivity contribution in [2.45, 2.75) is 37.8 Å². The Labute approximate surface area is 131 Å². The highest BCUT2D eigenvalue weighted by atomic mass is 16.6. The molecule has 0 unspecified atom stereocenters. The number of ether oxygens (including phenoxy) is 1. The maximum Gasteiger partial charge on any atom is 0.165 e. The van der Waals surface area contributed by atoms with Crippen LogP contribution in [-0.4, -0.2) is 67.0 Å². The zero-order chi connectivity index (χ0) is 16.8. The lowest BCUT2D eigenvalue weighted by Gasteiger charge is -2.25. The summed E-state index contributed by atoms with van der Waals surface area (Å²) in [6.45, 7) is 2.77. The minimum atomic E-state index is -1.65. The normalized spacial score (nSPS) is 31.0. The highest BCUT2D eigenvalue weighted by molar-refractivity contribution is 5.88. The van der Waals surface area contributed by atoms with Crippen molar-refractivity contribution in [3.05, 3.63) is 11.5 Å². The monoisotopic (exact) mass is 325 g/mol. The number of hydrogen-bond acceptors (Lipinski definition) is 9. The minimum absolute atomic E-state index is 0.140. The maximum atomic E-state index is 10.5. The van der Waals surface area contributed by atoms with E-state index in [-0.39, 0.29) is 5.82 Å². The molecule has 0 saturated carbocycles. The van der Waals surface area contributed by atoms with Crippen molar-refractivity contribution < 1.29 is 24.9 Å². The molecule has 0 spiro atoms. The van der Waals surface area contributed by atoms with Crippen LogP contribution in [0.1, 0.15) is 24.5 Å². The number of aryl methyl sites for hydroxylation is 1. The lowest BCUT2D eigenvalue weighted by molar-refractivity contribution is -0.0673. The second-order valence-electron chi connectivity index (χ2n) is 5.68. The van der Waals surface area contributed by atoms with Crippen LogP contribution in [-0.2, 0) is 9.57 Å². The molecule has 1 fully saturated rings. The quantitative estimate of drug-likeness (QED) is 0.455. The highest BCUT2D eigenvalue weighted by Gasteiger charge is 2.53. The predicted octanol–water partition coefficient (Wildman–Crippen LogP) is -0.821. The summed E-state index contributed by atoms with van der Waals surface area (Å²) >= 11 is 0. The second kappa shape index (κ2) is 5.65. The van der Waals surface area contributed by atoms with Gasteiger partial charge in [-0.15, -0.1) is 0 Å². The van der Waals surface area contributed by atoms with Gasteiger partial charge in [-0.25, -0.2) is 15.4 Å². The summed E-state index contributed by atoms with van der Waals surface area (Å²) in [5, 5.41) is 37.4. The number of H-pyrrole nitrogens is 1. The summed E-state index contributed by atoms with van der Waals surface area (Å²) in [7, 11) is 1.44. The number of nitrogens with one attached hydrogen (secondary N) is 2. The van der Waals surface area contributed by atoms with Crippen LogP contribution in [0.25, 0.3) is 11.0 Å². The molecule has 10 heteroatoms. The molecule has 23 heavy (non-hydrogen) atoms. The zero-order valence-electron chi connectivity index (χ0n) is 12.9. The Morgan fingerprint density at radius 3 is 2.78 bits per heavy atom. The third-order valence-electron chi connectivity index (χ3n) is 4.02. The van der Waals surface area contributed by atoms with E-state index in [0.29, 0.717) is 22.5 Å². The number of nitrogens with zero attached hydrogens (tertiary/aromatic N) is 3. The fourth-order valence-electron chi connectivity index (χ4n) is 2.77. The number of aliphatic hydroxyl groups is 3. The van der Waals surface area contributed by atoms with E-state index in [1.807, 2.05) is 0 Å². The van der Waals surface area contributed by atoms with Crippen molar-refractivity contribution in [3.63, 3.8) is 0 Å². The third-order valence-corrected chi connectivity index (χ3v) is 4.02. The van der Waals surface area contributed by atoms with Gasteiger partial charge in [0, 0.05) is 0 Å². The summed E-state index contributed by atoms with van der Waals surface area (Å²) in [4.78, 5) is 13.6. The Balaban J connectivity index is 2.09. The van der Waals surface area contributed by atoms with Gasteiger partial charge in [-0.3, -0.25) is 9.94 Å². The number of rotatable bonds is 4. The number of anilines is 1. The largest absolute Gasteiger partial charge is 0.394 e. The van der Waals surface area contributed by atoms with E-state index in [9.17, 15) is 15.3 Å². The third kappa shape index (κ3) is 2.44.